The molecule has 0 aliphatic heterocycles. The third kappa shape index (κ3) is 3.44. The van der Waals surface area contributed by atoms with Crippen molar-refractivity contribution in [2.45, 2.75) is 13.3 Å². The highest BCUT2D eigenvalue weighted by atomic mass is 32.2. The van der Waals surface area contributed by atoms with Crippen molar-refractivity contribution in [3.8, 4) is 0 Å². The molecule has 0 radical (unpaired) electrons. The van der Waals surface area contributed by atoms with Gasteiger partial charge in [-0.25, -0.2) is 13.1 Å². The average Bonchev–Trinajstić information content (AvgIpc) is 2.97. The molecule has 2 rings (SSSR count). The summed E-state index contributed by atoms with van der Waals surface area (Å²) in [6.45, 7) is 1.96. The van der Waals surface area contributed by atoms with Gasteiger partial charge in [-0.2, -0.15) is 0 Å². The van der Waals surface area contributed by atoms with Crippen LogP contribution in [0.3, 0.4) is 0 Å². The van der Waals surface area contributed by atoms with Crippen molar-refractivity contribution in [1.82, 2.24) is 10.0 Å². The molecule has 4 atom stereocenters. The molecule has 1 amide bonds. The summed E-state index contributed by atoms with van der Waals surface area (Å²) in [5, 5.41) is 11.8. The van der Waals surface area contributed by atoms with Crippen LogP contribution in [0.5, 0.6) is 0 Å². The SMILES string of the molecule is CCNS(=O)(=O)CCNC(=O)C1C2C=CC(C2)C1C(=O)O. The van der Waals surface area contributed by atoms with Gasteiger partial charge in [0.15, 0.2) is 0 Å². The van der Waals surface area contributed by atoms with Gasteiger partial charge in [-0.1, -0.05) is 19.1 Å². The molecule has 0 heterocycles. The van der Waals surface area contributed by atoms with Crippen LogP contribution in [0.4, 0.5) is 0 Å². The van der Waals surface area contributed by atoms with Crippen molar-refractivity contribution in [2.75, 3.05) is 18.8 Å². The highest BCUT2D eigenvalue weighted by Crippen LogP contribution is 2.48. The van der Waals surface area contributed by atoms with Gasteiger partial charge in [0.25, 0.3) is 0 Å². The number of nitrogens with one attached hydrogen (secondary N) is 2. The minimum Gasteiger partial charge on any atom is -0.481 e. The van der Waals surface area contributed by atoms with Gasteiger partial charge in [0.05, 0.1) is 17.6 Å². The quantitative estimate of drug-likeness (QED) is 0.551. The third-order valence-corrected chi connectivity index (χ3v) is 5.55. The summed E-state index contributed by atoms with van der Waals surface area (Å²) in [5.41, 5.74) is 0. The van der Waals surface area contributed by atoms with Crippen molar-refractivity contribution >= 4 is 21.9 Å². The highest BCUT2D eigenvalue weighted by molar-refractivity contribution is 7.89. The molecule has 7 nitrogen and oxygen atoms in total. The molecule has 0 aromatic rings. The lowest BCUT2D eigenvalue weighted by Gasteiger charge is -2.23. The Bertz CT molecular complexity index is 557. The Labute approximate surface area is 123 Å². The number of allylic oxidation sites excluding steroid dienone is 2. The van der Waals surface area contributed by atoms with Crippen LogP contribution in [-0.2, 0) is 19.6 Å². The summed E-state index contributed by atoms with van der Waals surface area (Å²) < 4.78 is 25.3. The van der Waals surface area contributed by atoms with Crippen molar-refractivity contribution in [2.24, 2.45) is 23.7 Å². The van der Waals surface area contributed by atoms with Crippen LogP contribution in [0.2, 0.25) is 0 Å². The van der Waals surface area contributed by atoms with Crippen LogP contribution in [0.1, 0.15) is 13.3 Å². The molecule has 2 aliphatic carbocycles. The molecular weight excluding hydrogens is 296 g/mol. The second-order valence-corrected chi connectivity index (χ2v) is 7.37. The highest BCUT2D eigenvalue weighted by Gasteiger charge is 2.51. The van der Waals surface area contributed by atoms with E-state index in [1.54, 1.807) is 6.92 Å². The number of amides is 1. The molecule has 2 aliphatic rings. The van der Waals surface area contributed by atoms with E-state index in [-0.39, 0.29) is 30.0 Å². The number of carboxylic acid groups (broad SMARTS) is 1. The van der Waals surface area contributed by atoms with E-state index < -0.39 is 27.8 Å². The first kappa shape index (κ1) is 16.0. The van der Waals surface area contributed by atoms with Gasteiger partial charge in [-0.3, -0.25) is 9.59 Å². The van der Waals surface area contributed by atoms with Gasteiger partial charge in [0, 0.05) is 13.1 Å². The first-order valence-electron chi connectivity index (χ1n) is 7.02. The van der Waals surface area contributed by atoms with E-state index in [1.807, 2.05) is 12.2 Å². The van der Waals surface area contributed by atoms with Crippen LogP contribution >= 0.6 is 0 Å². The first-order valence-corrected chi connectivity index (χ1v) is 8.67. The van der Waals surface area contributed by atoms with Crippen molar-refractivity contribution < 1.29 is 23.1 Å². The van der Waals surface area contributed by atoms with Crippen molar-refractivity contribution in [3.63, 3.8) is 0 Å². The first-order chi connectivity index (χ1) is 9.85. The molecule has 1 saturated carbocycles. The van der Waals surface area contributed by atoms with E-state index in [4.69, 9.17) is 0 Å². The molecule has 0 aromatic carbocycles. The molecule has 8 heteroatoms. The largest absolute Gasteiger partial charge is 0.481 e. The van der Waals surface area contributed by atoms with Crippen molar-refractivity contribution in [1.29, 1.82) is 0 Å². The Morgan fingerprint density at radius 3 is 2.43 bits per heavy atom. The van der Waals surface area contributed by atoms with Gasteiger partial charge in [0.1, 0.15) is 0 Å². The van der Waals surface area contributed by atoms with Gasteiger partial charge in [0.2, 0.25) is 15.9 Å². The normalized spacial score (nSPS) is 30.5. The predicted molar refractivity (Wildman–Crippen MR) is 75.8 cm³/mol. The molecule has 118 valence electrons. The summed E-state index contributed by atoms with van der Waals surface area (Å²) in [6, 6.07) is 0. The fraction of sp³-hybridized carbons (Fsp3) is 0.692. The number of hydrogen-bond donors (Lipinski definition) is 3. The fourth-order valence-electron chi connectivity index (χ4n) is 3.23. The van der Waals surface area contributed by atoms with E-state index in [0.717, 1.165) is 0 Å². The number of sulfonamides is 1. The number of carbonyl (C=O) groups is 2. The lowest BCUT2D eigenvalue weighted by molar-refractivity contribution is -0.147. The van der Waals surface area contributed by atoms with Crippen LogP contribution in [0.25, 0.3) is 0 Å². The lowest BCUT2D eigenvalue weighted by Crippen LogP contribution is -2.42. The van der Waals surface area contributed by atoms with E-state index in [2.05, 4.69) is 10.0 Å². The second kappa shape index (κ2) is 6.15. The summed E-state index contributed by atoms with van der Waals surface area (Å²) in [4.78, 5) is 23.5. The molecule has 21 heavy (non-hydrogen) atoms. The van der Waals surface area contributed by atoms with Crippen LogP contribution < -0.4 is 10.0 Å². The van der Waals surface area contributed by atoms with Crippen LogP contribution in [0, 0.1) is 23.7 Å². The van der Waals surface area contributed by atoms with Gasteiger partial charge in [-0.05, 0) is 18.3 Å². The molecule has 0 spiro atoms. The Hall–Kier alpha value is -1.41. The zero-order chi connectivity index (χ0) is 15.6. The summed E-state index contributed by atoms with van der Waals surface area (Å²) >= 11 is 0. The molecular formula is C13H20N2O5S. The van der Waals surface area contributed by atoms with E-state index in [1.165, 1.54) is 0 Å². The Balaban J connectivity index is 1.92. The Morgan fingerprint density at radius 1 is 1.24 bits per heavy atom. The Kier molecular flexibility index (Phi) is 4.67. The predicted octanol–water partition coefficient (Wildman–Crippen LogP) is -0.435. The molecule has 0 aromatic heterocycles. The zero-order valence-corrected chi connectivity index (χ0v) is 12.6. The van der Waals surface area contributed by atoms with Crippen LogP contribution in [-0.4, -0.2) is 44.2 Å². The number of hydrogen-bond acceptors (Lipinski definition) is 4. The molecule has 1 fully saturated rings. The maximum Gasteiger partial charge on any atom is 0.307 e. The van der Waals surface area contributed by atoms with E-state index in [9.17, 15) is 23.1 Å². The number of carboxylic acids is 1. The third-order valence-electron chi connectivity index (χ3n) is 4.08. The monoisotopic (exact) mass is 316 g/mol. The van der Waals surface area contributed by atoms with Gasteiger partial charge in [-0.15, -0.1) is 0 Å². The number of rotatable bonds is 7. The molecule has 3 N–H and O–H groups in total. The number of fused-ring (bicyclic) bond motifs is 2. The smallest absolute Gasteiger partial charge is 0.307 e. The van der Waals surface area contributed by atoms with Gasteiger partial charge < -0.3 is 10.4 Å². The van der Waals surface area contributed by atoms with Crippen molar-refractivity contribution in [3.05, 3.63) is 12.2 Å². The molecule has 2 bridgehead atoms. The van der Waals surface area contributed by atoms with Crippen LogP contribution in [0.15, 0.2) is 12.2 Å². The minimum absolute atomic E-state index is 0.0158. The summed E-state index contributed by atoms with van der Waals surface area (Å²) in [6.07, 6.45) is 4.44. The Morgan fingerprint density at radius 2 is 1.86 bits per heavy atom. The maximum absolute atomic E-state index is 12.2. The molecule has 4 unspecified atom stereocenters. The minimum atomic E-state index is -3.39. The zero-order valence-electron chi connectivity index (χ0n) is 11.8. The number of carbonyl (C=O) groups excluding carboxylic acids is 1. The summed E-state index contributed by atoms with van der Waals surface area (Å²) in [5.74, 6) is -2.99. The average molecular weight is 316 g/mol. The topological polar surface area (TPSA) is 113 Å². The van der Waals surface area contributed by atoms with E-state index >= 15 is 0 Å². The fourth-order valence-corrected chi connectivity index (χ4v) is 4.19. The summed E-state index contributed by atoms with van der Waals surface area (Å²) in [7, 11) is -3.39. The molecule has 0 saturated heterocycles. The lowest BCUT2D eigenvalue weighted by atomic mass is 9.82. The second-order valence-electron chi connectivity index (χ2n) is 5.45. The van der Waals surface area contributed by atoms with Gasteiger partial charge >= 0.3 is 5.97 Å². The van der Waals surface area contributed by atoms with E-state index in [0.29, 0.717) is 13.0 Å². The number of aliphatic carboxylic acids is 1. The standard InChI is InChI=1S/C13H20N2O5S/c1-2-15-21(19,20)6-5-14-12(16)10-8-3-4-9(7-8)11(10)13(17)18/h3-4,8-11,15H,2,5-7H2,1H3,(H,14,16)(H,17,18). The maximum atomic E-state index is 12.2.